The predicted molar refractivity (Wildman–Crippen MR) is 59.7 cm³/mol. The lowest BCUT2D eigenvalue weighted by Gasteiger charge is -2.19. The van der Waals surface area contributed by atoms with Crippen molar-refractivity contribution < 1.29 is 33.2 Å². The number of aliphatic hydroxyl groups excluding tert-OH is 2. The van der Waals surface area contributed by atoms with E-state index < -0.39 is 30.1 Å². The summed E-state index contributed by atoms with van der Waals surface area (Å²) in [5.41, 5.74) is -0.246. The summed E-state index contributed by atoms with van der Waals surface area (Å²) in [5.74, 6) is -1.02. The summed E-state index contributed by atoms with van der Waals surface area (Å²) in [7, 11) is 1.53. The number of hydrogen-bond acceptors (Lipinski definition) is 5. The zero-order valence-corrected chi connectivity index (χ0v) is 9.98. The third-order valence-corrected chi connectivity index (χ3v) is 2.33. The minimum absolute atomic E-state index is 0.00492. The molecule has 0 saturated carbocycles. The molecule has 8 heteroatoms. The number of alkyl halides is 3. The van der Waals surface area contributed by atoms with Crippen LogP contribution in [0, 0.1) is 0 Å². The van der Waals surface area contributed by atoms with E-state index in [1.165, 1.54) is 7.05 Å². The highest BCUT2D eigenvalue weighted by molar-refractivity contribution is 5.41. The third-order valence-electron chi connectivity index (χ3n) is 2.33. The van der Waals surface area contributed by atoms with Gasteiger partial charge < -0.3 is 25.4 Å². The minimum atomic E-state index is -4.87. The van der Waals surface area contributed by atoms with Gasteiger partial charge in [-0.3, -0.25) is 0 Å². The maximum absolute atomic E-state index is 12.0. The number of aromatic hydroxyl groups is 1. The summed E-state index contributed by atoms with van der Waals surface area (Å²) in [4.78, 5) is 0. The monoisotopic (exact) mass is 281 g/mol. The quantitative estimate of drug-likeness (QED) is 0.645. The van der Waals surface area contributed by atoms with Gasteiger partial charge >= 0.3 is 6.36 Å². The van der Waals surface area contributed by atoms with Gasteiger partial charge in [0.2, 0.25) is 0 Å². The summed E-state index contributed by atoms with van der Waals surface area (Å²) in [5, 5.41) is 31.3. The second kappa shape index (κ2) is 6.09. The van der Waals surface area contributed by atoms with Crippen molar-refractivity contribution in [2.75, 3.05) is 13.6 Å². The van der Waals surface area contributed by atoms with Gasteiger partial charge in [0.05, 0.1) is 6.10 Å². The number of phenolic OH excluding ortho intramolecular Hbond substituents is 1. The molecule has 2 unspecified atom stereocenters. The molecule has 19 heavy (non-hydrogen) atoms. The van der Waals surface area contributed by atoms with Crippen molar-refractivity contribution in [2.45, 2.75) is 18.6 Å². The molecule has 0 aliphatic rings. The van der Waals surface area contributed by atoms with Crippen molar-refractivity contribution in [3.05, 3.63) is 23.8 Å². The second-order valence-corrected chi connectivity index (χ2v) is 3.84. The smallest absolute Gasteiger partial charge is 0.508 e. The first kappa shape index (κ1) is 15.5. The Hall–Kier alpha value is -1.51. The molecule has 5 nitrogen and oxygen atoms in total. The van der Waals surface area contributed by atoms with Crippen molar-refractivity contribution in [3.63, 3.8) is 0 Å². The number of benzene rings is 1. The molecule has 0 aromatic heterocycles. The largest absolute Gasteiger partial charge is 0.573 e. The number of aliphatic hydroxyl groups is 2. The second-order valence-electron chi connectivity index (χ2n) is 3.84. The highest BCUT2D eigenvalue weighted by Gasteiger charge is 2.32. The van der Waals surface area contributed by atoms with Crippen LogP contribution in [0.3, 0.4) is 0 Å². The van der Waals surface area contributed by atoms with Gasteiger partial charge in [-0.15, -0.1) is 13.2 Å². The van der Waals surface area contributed by atoms with Gasteiger partial charge in [-0.2, -0.15) is 0 Å². The van der Waals surface area contributed by atoms with E-state index in [2.05, 4.69) is 10.1 Å². The van der Waals surface area contributed by atoms with E-state index in [1.807, 2.05) is 0 Å². The van der Waals surface area contributed by atoms with Crippen LogP contribution in [0.4, 0.5) is 13.2 Å². The van der Waals surface area contributed by atoms with Crippen LogP contribution in [0.2, 0.25) is 0 Å². The molecule has 0 aliphatic heterocycles. The average Bonchev–Trinajstić information content (AvgIpc) is 2.29. The topological polar surface area (TPSA) is 82.0 Å². The maximum Gasteiger partial charge on any atom is 0.573 e. The number of rotatable bonds is 5. The molecule has 0 fully saturated rings. The molecule has 1 rings (SSSR count). The normalized spacial score (nSPS) is 15.1. The molecule has 0 radical (unpaired) electrons. The lowest BCUT2D eigenvalue weighted by atomic mass is 10.0. The first-order valence-electron chi connectivity index (χ1n) is 5.34. The van der Waals surface area contributed by atoms with Crippen LogP contribution in [0.1, 0.15) is 11.7 Å². The van der Waals surface area contributed by atoms with Crippen LogP contribution < -0.4 is 10.1 Å². The van der Waals surface area contributed by atoms with E-state index in [0.29, 0.717) is 0 Å². The van der Waals surface area contributed by atoms with E-state index in [1.54, 1.807) is 0 Å². The van der Waals surface area contributed by atoms with Crippen LogP contribution >= 0.6 is 0 Å². The summed E-state index contributed by atoms with van der Waals surface area (Å²) in [6, 6.07) is 2.68. The minimum Gasteiger partial charge on any atom is -0.508 e. The number of ether oxygens (including phenoxy) is 1. The summed E-state index contributed by atoms with van der Waals surface area (Å²) >= 11 is 0. The van der Waals surface area contributed by atoms with Gasteiger partial charge in [-0.1, -0.05) is 0 Å². The van der Waals surface area contributed by atoms with Gasteiger partial charge in [0.25, 0.3) is 0 Å². The number of halogens is 3. The highest BCUT2D eigenvalue weighted by atomic mass is 19.4. The van der Waals surface area contributed by atoms with Gasteiger partial charge in [-0.05, 0) is 25.2 Å². The molecular weight excluding hydrogens is 267 g/mol. The van der Waals surface area contributed by atoms with Gasteiger partial charge in [-0.25, -0.2) is 0 Å². The molecule has 0 amide bonds. The van der Waals surface area contributed by atoms with Gasteiger partial charge in [0.15, 0.2) is 0 Å². The molecule has 0 heterocycles. The Morgan fingerprint density at radius 2 is 1.95 bits per heavy atom. The van der Waals surface area contributed by atoms with Crippen molar-refractivity contribution >= 4 is 0 Å². The Bertz CT molecular complexity index is 425. The zero-order valence-electron chi connectivity index (χ0n) is 9.98. The van der Waals surface area contributed by atoms with E-state index >= 15 is 0 Å². The number of likely N-dealkylation sites (N-methyl/N-ethyl adjacent to an activating group) is 1. The molecule has 2 atom stereocenters. The molecule has 4 N–H and O–H groups in total. The van der Waals surface area contributed by atoms with Crippen LogP contribution in [0.5, 0.6) is 11.5 Å². The van der Waals surface area contributed by atoms with Gasteiger partial charge in [0.1, 0.15) is 17.6 Å². The standard InChI is InChI=1S/C11H14F3NO4/c1-15-5-9(17)10(18)7-4-6(2-3-8(7)16)19-11(12,13)14/h2-4,9-10,15-18H,5H2,1H3. The lowest BCUT2D eigenvalue weighted by molar-refractivity contribution is -0.274. The Kier molecular flexibility index (Phi) is 4.98. The molecule has 0 spiro atoms. The average molecular weight is 281 g/mol. The van der Waals surface area contributed by atoms with E-state index in [9.17, 15) is 28.5 Å². The van der Waals surface area contributed by atoms with E-state index in [4.69, 9.17) is 0 Å². The summed E-state index contributed by atoms with van der Waals surface area (Å²) in [6.45, 7) is 0.00492. The first-order chi connectivity index (χ1) is 8.74. The molecule has 1 aromatic rings. The van der Waals surface area contributed by atoms with E-state index in [-0.39, 0.29) is 12.1 Å². The van der Waals surface area contributed by atoms with Crippen LogP contribution in [0.25, 0.3) is 0 Å². The maximum atomic E-state index is 12.0. The molecule has 0 bridgehead atoms. The Labute approximate surface area is 107 Å². The number of hydrogen-bond donors (Lipinski definition) is 4. The fourth-order valence-electron chi connectivity index (χ4n) is 1.49. The van der Waals surface area contributed by atoms with E-state index in [0.717, 1.165) is 18.2 Å². The van der Waals surface area contributed by atoms with Crippen molar-refractivity contribution in [1.29, 1.82) is 0 Å². The number of phenols is 1. The summed E-state index contributed by atoms with van der Waals surface area (Å²) < 4.78 is 39.8. The molecule has 0 saturated heterocycles. The molecule has 0 aliphatic carbocycles. The van der Waals surface area contributed by atoms with Crippen LogP contribution in [-0.4, -0.2) is 41.4 Å². The molecule has 1 aromatic carbocycles. The predicted octanol–water partition coefficient (Wildman–Crippen LogP) is 0.904. The first-order valence-corrected chi connectivity index (χ1v) is 5.34. The van der Waals surface area contributed by atoms with Crippen molar-refractivity contribution in [3.8, 4) is 11.5 Å². The van der Waals surface area contributed by atoms with Gasteiger partial charge in [0, 0.05) is 12.1 Å². The SMILES string of the molecule is CNCC(O)C(O)c1cc(OC(F)(F)F)ccc1O. The van der Waals surface area contributed by atoms with Crippen molar-refractivity contribution in [1.82, 2.24) is 5.32 Å². The van der Waals surface area contributed by atoms with Crippen LogP contribution in [-0.2, 0) is 0 Å². The Morgan fingerprint density at radius 3 is 2.47 bits per heavy atom. The Morgan fingerprint density at radius 1 is 1.32 bits per heavy atom. The lowest BCUT2D eigenvalue weighted by Crippen LogP contribution is -2.29. The molecular formula is C11H14F3NO4. The fourth-order valence-corrected chi connectivity index (χ4v) is 1.49. The highest BCUT2D eigenvalue weighted by Crippen LogP contribution is 2.32. The molecule has 108 valence electrons. The third kappa shape index (κ3) is 4.58. The zero-order chi connectivity index (χ0) is 14.6. The van der Waals surface area contributed by atoms with Crippen LogP contribution in [0.15, 0.2) is 18.2 Å². The number of nitrogens with one attached hydrogen (secondary N) is 1. The fraction of sp³-hybridized carbons (Fsp3) is 0.455. The van der Waals surface area contributed by atoms with Crippen molar-refractivity contribution in [2.24, 2.45) is 0 Å². The summed E-state index contributed by atoms with van der Waals surface area (Å²) in [6.07, 6.45) is -7.69. The Balaban J connectivity index is 2.96.